The van der Waals surface area contributed by atoms with Gasteiger partial charge in [-0.25, -0.2) is 0 Å². The number of methoxy groups -OCH3 is 1. The van der Waals surface area contributed by atoms with Crippen LogP contribution in [-0.4, -0.2) is 19.6 Å². The van der Waals surface area contributed by atoms with E-state index >= 15 is 0 Å². The van der Waals surface area contributed by atoms with Crippen molar-refractivity contribution in [2.24, 2.45) is 0 Å². The zero-order valence-electron chi connectivity index (χ0n) is 15.1. The van der Waals surface area contributed by atoms with Crippen LogP contribution < -0.4 is 15.4 Å². The Labute approximate surface area is 164 Å². The van der Waals surface area contributed by atoms with E-state index in [1.54, 1.807) is 7.11 Å². The van der Waals surface area contributed by atoms with Gasteiger partial charge in [0, 0.05) is 16.9 Å². The molecule has 0 saturated carbocycles. The first kappa shape index (κ1) is 20.2. The highest BCUT2D eigenvalue weighted by molar-refractivity contribution is 7.21. The molecule has 1 aromatic heterocycles. The van der Waals surface area contributed by atoms with Gasteiger partial charge in [-0.2, -0.15) is 0 Å². The van der Waals surface area contributed by atoms with E-state index in [-0.39, 0.29) is 18.3 Å². The van der Waals surface area contributed by atoms with Crippen molar-refractivity contribution in [3.63, 3.8) is 0 Å². The van der Waals surface area contributed by atoms with Gasteiger partial charge in [0.15, 0.2) is 0 Å². The Bertz CT molecular complexity index is 908. The third-order valence-corrected chi connectivity index (χ3v) is 5.45. The first-order valence-corrected chi connectivity index (χ1v) is 9.12. The van der Waals surface area contributed by atoms with Crippen LogP contribution in [0.2, 0.25) is 0 Å². The maximum atomic E-state index is 12.8. The van der Waals surface area contributed by atoms with Crippen molar-refractivity contribution in [1.29, 1.82) is 0 Å². The van der Waals surface area contributed by atoms with Crippen molar-refractivity contribution in [2.45, 2.75) is 20.4 Å². The van der Waals surface area contributed by atoms with Gasteiger partial charge >= 0.3 is 0 Å². The monoisotopic (exact) mass is 390 g/mol. The Morgan fingerprint density at radius 1 is 1.19 bits per heavy atom. The molecular formula is C20H23ClN2O2S. The molecule has 2 aromatic carbocycles. The molecule has 4 nitrogen and oxygen atoms in total. The molecule has 0 aliphatic carbocycles. The van der Waals surface area contributed by atoms with Gasteiger partial charge in [0.2, 0.25) is 0 Å². The van der Waals surface area contributed by atoms with Gasteiger partial charge in [-0.3, -0.25) is 4.79 Å². The van der Waals surface area contributed by atoms with Crippen LogP contribution in [0.25, 0.3) is 10.1 Å². The van der Waals surface area contributed by atoms with Gasteiger partial charge in [0.05, 0.1) is 12.0 Å². The minimum absolute atomic E-state index is 0. The summed E-state index contributed by atoms with van der Waals surface area (Å²) in [4.78, 5) is 13.6. The summed E-state index contributed by atoms with van der Waals surface area (Å²) < 4.78 is 6.38. The molecule has 3 rings (SSSR count). The Morgan fingerprint density at radius 2 is 1.96 bits per heavy atom. The molecule has 26 heavy (non-hydrogen) atoms. The van der Waals surface area contributed by atoms with Crippen LogP contribution in [0, 0.1) is 6.92 Å². The van der Waals surface area contributed by atoms with Gasteiger partial charge in [-0.15, -0.1) is 23.7 Å². The maximum Gasteiger partial charge on any atom is 0.266 e. The summed E-state index contributed by atoms with van der Waals surface area (Å²) in [7, 11) is 1.65. The molecule has 0 radical (unpaired) electrons. The van der Waals surface area contributed by atoms with Gasteiger partial charge < -0.3 is 15.4 Å². The number of para-hydroxylation sites is 1. The molecule has 3 aromatic rings. The number of carbonyl (C=O) groups is 1. The van der Waals surface area contributed by atoms with Gasteiger partial charge in [-0.1, -0.05) is 25.1 Å². The number of hydrogen-bond acceptors (Lipinski definition) is 4. The van der Waals surface area contributed by atoms with Gasteiger partial charge in [-0.05, 0) is 54.2 Å². The van der Waals surface area contributed by atoms with E-state index < -0.39 is 0 Å². The lowest BCUT2D eigenvalue weighted by atomic mass is 10.1. The molecule has 2 N–H and O–H groups in total. The van der Waals surface area contributed by atoms with Crippen LogP contribution in [0.15, 0.2) is 42.5 Å². The van der Waals surface area contributed by atoms with Crippen molar-refractivity contribution >= 4 is 45.4 Å². The van der Waals surface area contributed by atoms with E-state index in [1.165, 1.54) is 11.3 Å². The average Bonchev–Trinajstić information content (AvgIpc) is 2.97. The predicted molar refractivity (Wildman–Crippen MR) is 112 cm³/mol. The predicted octanol–water partition coefficient (Wildman–Crippen LogP) is 5.00. The summed E-state index contributed by atoms with van der Waals surface area (Å²) in [6.07, 6.45) is 0. The average molecular weight is 391 g/mol. The largest absolute Gasteiger partial charge is 0.497 e. The third kappa shape index (κ3) is 4.18. The molecule has 0 aliphatic heterocycles. The second-order valence-corrected chi connectivity index (χ2v) is 6.86. The lowest BCUT2D eigenvalue weighted by Gasteiger charge is -2.11. The first-order chi connectivity index (χ1) is 12.1. The first-order valence-electron chi connectivity index (χ1n) is 8.31. The number of nitrogens with one attached hydrogen (secondary N) is 2. The number of aryl methyl sites for hydroxylation is 1. The highest BCUT2D eigenvalue weighted by atomic mass is 35.5. The lowest BCUT2D eigenvalue weighted by molar-refractivity contribution is 0.103. The number of hydrogen-bond donors (Lipinski definition) is 2. The van der Waals surface area contributed by atoms with Crippen molar-refractivity contribution in [3.05, 3.63) is 58.5 Å². The van der Waals surface area contributed by atoms with Crippen LogP contribution in [0.1, 0.15) is 27.7 Å². The third-order valence-electron chi connectivity index (χ3n) is 4.18. The van der Waals surface area contributed by atoms with Crippen molar-refractivity contribution in [1.82, 2.24) is 5.32 Å². The SMILES string of the molecule is CCNCc1ccccc1NC(=O)c1sc2ccc(OC)cc2c1C.Cl. The van der Waals surface area contributed by atoms with E-state index in [4.69, 9.17) is 4.74 Å². The number of halogens is 1. The van der Waals surface area contributed by atoms with Crippen LogP contribution >= 0.6 is 23.7 Å². The summed E-state index contributed by atoms with van der Waals surface area (Å²) >= 11 is 1.51. The van der Waals surface area contributed by atoms with Crippen molar-refractivity contribution in [2.75, 3.05) is 19.0 Å². The molecule has 0 saturated heterocycles. The fourth-order valence-corrected chi connectivity index (χ4v) is 3.86. The minimum Gasteiger partial charge on any atom is -0.497 e. The molecule has 138 valence electrons. The topological polar surface area (TPSA) is 50.4 Å². The quantitative estimate of drug-likeness (QED) is 0.622. The second kappa shape index (κ2) is 9.03. The molecule has 0 unspecified atom stereocenters. The molecule has 1 heterocycles. The molecule has 6 heteroatoms. The van der Waals surface area contributed by atoms with Gasteiger partial charge in [0.25, 0.3) is 5.91 Å². The molecule has 0 fully saturated rings. The van der Waals surface area contributed by atoms with E-state index in [2.05, 4.69) is 17.6 Å². The number of carbonyl (C=O) groups excluding carboxylic acids is 1. The number of anilines is 1. The number of fused-ring (bicyclic) bond motifs is 1. The summed E-state index contributed by atoms with van der Waals surface area (Å²) in [5.74, 6) is 0.734. The maximum absolute atomic E-state index is 12.8. The summed E-state index contributed by atoms with van der Waals surface area (Å²) in [6, 6.07) is 13.8. The number of amides is 1. The lowest BCUT2D eigenvalue weighted by Crippen LogP contribution is -2.16. The highest BCUT2D eigenvalue weighted by Gasteiger charge is 2.17. The molecule has 1 amide bonds. The Morgan fingerprint density at radius 3 is 2.69 bits per heavy atom. The standard InChI is InChI=1S/C20H22N2O2S.ClH/c1-4-21-12-14-7-5-6-8-17(14)22-20(23)19-13(2)16-11-15(24-3)9-10-18(16)25-19;/h5-11,21H,4,12H2,1-3H3,(H,22,23);1H. The smallest absolute Gasteiger partial charge is 0.266 e. The van der Waals surface area contributed by atoms with Crippen LogP contribution in [0.4, 0.5) is 5.69 Å². The normalized spacial score (nSPS) is 10.4. The van der Waals surface area contributed by atoms with E-state index in [0.29, 0.717) is 0 Å². The zero-order chi connectivity index (χ0) is 17.8. The minimum atomic E-state index is -0.0679. The van der Waals surface area contributed by atoms with Crippen molar-refractivity contribution < 1.29 is 9.53 Å². The summed E-state index contributed by atoms with van der Waals surface area (Å²) in [5.41, 5.74) is 2.92. The Kier molecular flexibility index (Phi) is 7.03. The fourth-order valence-electron chi connectivity index (χ4n) is 2.78. The van der Waals surface area contributed by atoms with Crippen LogP contribution in [-0.2, 0) is 6.54 Å². The van der Waals surface area contributed by atoms with E-state index in [1.807, 2.05) is 49.4 Å². The highest BCUT2D eigenvalue weighted by Crippen LogP contribution is 2.34. The molecule has 0 spiro atoms. The second-order valence-electron chi connectivity index (χ2n) is 5.81. The number of ether oxygens (including phenoxy) is 1. The van der Waals surface area contributed by atoms with Crippen LogP contribution in [0.3, 0.4) is 0 Å². The molecule has 0 aliphatic rings. The van der Waals surface area contributed by atoms with E-state index in [9.17, 15) is 4.79 Å². The van der Waals surface area contributed by atoms with Crippen molar-refractivity contribution in [3.8, 4) is 5.75 Å². The van der Waals surface area contributed by atoms with E-state index in [0.717, 1.165) is 50.6 Å². The Hall–Kier alpha value is -2.08. The molecule has 0 atom stereocenters. The summed E-state index contributed by atoms with van der Waals surface area (Å²) in [6.45, 7) is 5.67. The molecular weight excluding hydrogens is 368 g/mol. The Balaban J connectivity index is 0.00000243. The number of rotatable bonds is 6. The number of benzene rings is 2. The zero-order valence-corrected chi connectivity index (χ0v) is 16.7. The fraction of sp³-hybridized carbons (Fsp3) is 0.250. The van der Waals surface area contributed by atoms with Crippen LogP contribution in [0.5, 0.6) is 5.75 Å². The number of thiophene rings is 1. The summed E-state index contributed by atoms with van der Waals surface area (Å²) in [5, 5.41) is 7.43. The molecule has 0 bridgehead atoms. The van der Waals surface area contributed by atoms with Gasteiger partial charge in [0.1, 0.15) is 5.75 Å².